The van der Waals surface area contributed by atoms with Gasteiger partial charge in [-0.15, -0.1) is 0 Å². The van der Waals surface area contributed by atoms with Crippen LogP contribution in [0, 0.1) is 11.7 Å². The third-order valence-electron chi connectivity index (χ3n) is 3.64. The zero-order valence-electron chi connectivity index (χ0n) is 11.5. The van der Waals surface area contributed by atoms with E-state index < -0.39 is 23.9 Å². The number of carboxylic acid groups (broad SMARTS) is 1. The molecule has 5 nitrogen and oxygen atoms in total. The number of nitrogens with zero attached hydrogens (tertiary/aromatic N) is 1. The first-order chi connectivity index (χ1) is 9.90. The third-order valence-corrected chi connectivity index (χ3v) is 3.93. The van der Waals surface area contributed by atoms with Crippen LogP contribution in [0.1, 0.15) is 18.9 Å². The SMILES string of the molecule is CC1CCN(C(=O)NCc2ccc(F)c(Cl)c2)C1C(=O)O. The lowest BCUT2D eigenvalue weighted by molar-refractivity contribution is -0.142. The highest BCUT2D eigenvalue weighted by Crippen LogP contribution is 2.24. The maximum Gasteiger partial charge on any atom is 0.326 e. The second-order valence-corrected chi connectivity index (χ2v) is 5.56. The first-order valence-electron chi connectivity index (χ1n) is 6.61. The van der Waals surface area contributed by atoms with Gasteiger partial charge in [-0.05, 0) is 30.0 Å². The molecular weight excluding hydrogens is 299 g/mol. The molecule has 0 radical (unpaired) electrons. The Morgan fingerprint density at radius 2 is 2.24 bits per heavy atom. The van der Waals surface area contributed by atoms with Gasteiger partial charge in [-0.2, -0.15) is 0 Å². The Kier molecular flexibility index (Phi) is 4.67. The first kappa shape index (κ1) is 15.6. The van der Waals surface area contributed by atoms with Crippen LogP contribution >= 0.6 is 11.6 Å². The molecule has 0 aliphatic carbocycles. The van der Waals surface area contributed by atoms with Crippen molar-refractivity contribution in [1.82, 2.24) is 10.2 Å². The minimum Gasteiger partial charge on any atom is -0.480 e. The molecule has 1 heterocycles. The molecule has 2 atom stereocenters. The summed E-state index contributed by atoms with van der Waals surface area (Å²) < 4.78 is 13.0. The molecule has 0 bridgehead atoms. The molecule has 2 amide bonds. The summed E-state index contributed by atoms with van der Waals surface area (Å²) in [5.41, 5.74) is 0.647. The summed E-state index contributed by atoms with van der Waals surface area (Å²) >= 11 is 5.66. The van der Waals surface area contributed by atoms with Crippen LogP contribution in [0.4, 0.5) is 9.18 Å². The number of rotatable bonds is 3. The summed E-state index contributed by atoms with van der Waals surface area (Å²) in [4.78, 5) is 24.6. The number of urea groups is 1. The second kappa shape index (κ2) is 6.30. The Morgan fingerprint density at radius 1 is 1.52 bits per heavy atom. The lowest BCUT2D eigenvalue weighted by Gasteiger charge is -2.23. The summed E-state index contributed by atoms with van der Waals surface area (Å²) in [6.45, 7) is 2.38. The number of carbonyl (C=O) groups is 2. The van der Waals surface area contributed by atoms with E-state index >= 15 is 0 Å². The highest BCUT2D eigenvalue weighted by Gasteiger charge is 2.39. The number of hydrogen-bond acceptors (Lipinski definition) is 2. The molecule has 2 rings (SSSR count). The van der Waals surface area contributed by atoms with Crippen LogP contribution in [0.5, 0.6) is 0 Å². The minimum absolute atomic E-state index is 0.0139. The van der Waals surface area contributed by atoms with Gasteiger partial charge in [0.25, 0.3) is 0 Å². The van der Waals surface area contributed by atoms with E-state index in [0.29, 0.717) is 18.5 Å². The predicted molar refractivity (Wildman–Crippen MR) is 75.6 cm³/mol. The van der Waals surface area contributed by atoms with Gasteiger partial charge in [0.1, 0.15) is 11.9 Å². The van der Waals surface area contributed by atoms with Crippen LogP contribution in [-0.2, 0) is 11.3 Å². The summed E-state index contributed by atoms with van der Waals surface area (Å²) in [6, 6.07) is 2.93. The molecule has 0 spiro atoms. The van der Waals surface area contributed by atoms with Crippen LogP contribution in [0.2, 0.25) is 5.02 Å². The van der Waals surface area contributed by atoms with Crippen molar-refractivity contribution in [2.24, 2.45) is 5.92 Å². The topological polar surface area (TPSA) is 69.6 Å². The molecule has 0 saturated carbocycles. The summed E-state index contributed by atoms with van der Waals surface area (Å²) in [7, 11) is 0. The average molecular weight is 315 g/mol. The second-order valence-electron chi connectivity index (χ2n) is 5.15. The van der Waals surface area contributed by atoms with Gasteiger partial charge in [0.2, 0.25) is 0 Å². The van der Waals surface area contributed by atoms with Crippen LogP contribution in [0.3, 0.4) is 0 Å². The lowest BCUT2D eigenvalue weighted by Crippen LogP contribution is -2.47. The van der Waals surface area contributed by atoms with Crippen LogP contribution in [0.25, 0.3) is 0 Å². The molecule has 1 saturated heterocycles. The van der Waals surface area contributed by atoms with E-state index in [2.05, 4.69) is 5.32 Å². The molecule has 1 aromatic carbocycles. The molecule has 0 aromatic heterocycles. The molecule has 7 heteroatoms. The fourth-order valence-corrected chi connectivity index (χ4v) is 2.68. The summed E-state index contributed by atoms with van der Waals surface area (Å²) in [5, 5.41) is 11.8. The Bertz CT molecular complexity index is 567. The zero-order chi connectivity index (χ0) is 15.6. The van der Waals surface area contributed by atoms with Gasteiger partial charge in [0.15, 0.2) is 0 Å². The van der Waals surface area contributed by atoms with E-state index in [1.54, 1.807) is 0 Å². The Morgan fingerprint density at radius 3 is 2.86 bits per heavy atom. The van der Waals surface area contributed by atoms with Gasteiger partial charge in [-0.25, -0.2) is 14.0 Å². The molecule has 1 aliphatic rings. The Labute approximate surface area is 126 Å². The van der Waals surface area contributed by atoms with Gasteiger partial charge in [0.05, 0.1) is 5.02 Å². The maximum atomic E-state index is 13.0. The van der Waals surface area contributed by atoms with Crippen molar-refractivity contribution in [3.63, 3.8) is 0 Å². The lowest BCUT2D eigenvalue weighted by atomic mass is 10.0. The van der Waals surface area contributed by atoms with Crippen LogP contribution < -0.4 is 5.32 Å². The maximum absolute atomic E-state index is 13.0. The monoisotopic (exact) mass is 314 g/mol. The number of likely N-dealkylation sites (tertiary alicyclic amines) is 1. The van der Waals surface area contributed by atoms with Gasteiger partial charge in [-0.3, -0.25) is 0 Å². The van der Waals surface area contributed by atoms with E-state index in [1.807, 2.05) is 6.92 Å². The molecule has 21 heavy (non-hydrogen) atoms. The van der Waals surface area contributed by atoms with Gasteiger partial charge in [-0.1, -0.05) is 24.6 Å². The van der Waals surface area contributed by atoms with Crippen molar-refractivity contribution in [2.75, 3.05) is 6.54 Å². The van der Waals surface area contributed by atoms with E-state index in [1.165, 1.54) is 23.1 Å². The molecule has 2 unspecified atom stereocenters. The van der Waals surface area contributed by atoms with E-state index in [4.69, 9.17) is 11.6 Å². The van der Waals surface area contributed by atoms with Crippen molar-refractivity contribution in [2.45, 2.75) is 25.9 Å². The molecule has 1 fully saturated rings. The Balaban J connectivity index is 1.98. The number of carbonyl (C=O) groups excluding carboxylic acids is 1. The van der Waals surface area contributed by atoms with Crippen molar-refractivity contribution < 1.29 is 19.1 Å². The predicted octanol–water partition coefficient (Wildman–Crippen LogP) is 2.48. The fourth-order valence-electron chi connectivity index (χ4n) is 2.48. The van der Waals surface area contributed by atoms with E-state index in [-0.39, 0.29) is 17.5 Å². The molecule has 1 aromatic rings. The zero-order valence-corrected chi connectivity index (χ0v) is 12.2. The summed E-state index contributed by atoms with van der Waals surface area (Å²) in [6.07, 6.45) is 0.659. The number of benzene rings is 1. The van der Waals surface area contributed by atoms with Crippen molar-refractivity contribution >= 4 is 23.6 Å². The molecule has 2 N–H and O–H groups in total. The van der Waals surface area contributed by atoms with Gasteiger partial charge >= 0.3 is 12.0 Å². The van der Waals surface area contributed by atoms with Crippen molar-refractivity contribution in [1.29, 1.82) is 0 Å². The van der Waals surface area contributed by atoms with Crippen LogP contribution in [-0.4, -0.2) is 34.6 Å². The fraction of sp³-hybridized carbons (Fsp3) is 0.429. The Hall–Kier alpha value is -1.82. The standard InChI is InChI=1S/C14H16ClFN2O3/c1-8-4-5-18(12(8)13(19)20)14(21)17-7-9-2-3-11(16)10(15)6-9/h2-3,6,8,12H,4-5,7H2,1H3,(H,17,21)(H,19,20). The smallest absolute Gasteiger partial charge is 0.326 e. The normalized spacial score (nSPS) is 21.4. The highest BCUT2D eigenvalue weighted by atomic mass is 35.5. The minimum atomic E-state index is -1.00. The number of hydrogen-bond donors (Lipinski definition) is 2. The van der Waals surface area contributed by atoms with E-state index in [0.717, 1.165) is 0 Å². The molecule has 114 valence electrons. The number of carboxylic acids is 1. The quantitative estimate of drug-likeness (QED) is 0.900. The highest BCUT2D eigenvalue weighted by molar-refractivity contribution is 6.30. The van der Waals surface area contributed by atoms with Crippen molar-refractivity contribution in [3.8, 4) is 0 Å². The van der Waals surface area contributed by atoms with Crippen LogP contribution in [0.15, 0.2) is 18.2 Å². The molecule has 1 aliphatic heterocycles. The summed E-state index contributed by atoms with van der Waals surface area (Å²) in [5.74, 6) is -1.60. The number of nitrogens with one attached hydrogen (secondary N) is 1. The van der Waals surface area contributed by atoms with Crippen molar-refractivity contribution in [3.05, 3.63) is 34.6 Å². The van der Waals surface area contributed by atoms with Gasteiger partial charge < -0.3 is 15.3 Å². The first-order valence-corrected chi connectivity index (χ1v) is 6.99. The molecular formula is C14H16ClFN2O3. The average Bonchev–Trinajstić information content (AvgIpc) is 2.82. The van der Waals surface area contributed by atoms with E-state index in [9.17, 15) is 19.1 Å². The number of amides is 2. The largest absolute Gasteiger partial charge is 0.480 e. The number of aliphatic carboxylic acids is 1. The van der Waals surface area contributed by atoms with Gasteiger partial charge in [0, 0.05) is 13.1 Å². The third kappa shape index (κ3) is 3.44. The number of halogens is 2.